The number of halogens is 1. The number of rotatable bonds is 8. The monoisotopic (exact) mass is 491 g/mol. The predicted octanol–water partition coefficient (Wildman–Crippen LogP) is 3.18. The van der Waals surface area contributed by atoms with E-state index < -0.39 is 5.92 Å². The quantitative estimate of drug-likeness (QED) is 0.367. The van der Waals surface area contributed by atoms with Crippen LogP contribution >= 0.6 is 34.7 Å². The molecule has 0 spiro atoms. The number of benzene rings is 1. The molecule has 0 unspecified atom stereocenters. The van der Waals surface area contributed by atoms with E-state index >= 15 is 0 Å². The standard InChI is InChI=1S/C20H18ClN5O4S2/c21-13-3-5-14(6-4-13)26-10-12(8-17(26)28)18(29)23-19-24-25-20(32-19)31-11-16(27)22-9-15-2-1-7-30-15/h1-7,12H,8-11H2,(H,22,27)(H,23,24,29)/t12-/m0/s1. The first-order chi connectivity index (χ1) is 15.5. The number of aromatic nitrogens is 2. The van der Waals surface area contributed by atoms with Crippen LogP contribution in [-0.4, -0.2) is 40.2 Å². The smallest absolute Gasteiger partial charge is 0.231 e. The van der Waals surface area contributed by atoms with E-state index in [-0.39, 0.29) is 36.4 Å². The maximum atomic E-state index is 12.6. The number of carbonyl (C=O) groups excluding carboxylic acids is 3. The molecule has 166 valence electrons. The Morgan fingerprint density at radius 3 is 2.81 bits per heavy atom. The summed E-state index contributed by atoms with van der Waals surface area (Å²) < 4.78 is 5.72. The van der Waals surface area contributed by atoms with Gasteiger partial charge in [0.25, 0.3) is 0 Å². The van der Waals surface area contributed by atoms with Crippen LogP contribution in [0.3, 0.4) is 0 Å². The van der Waals surface area contributed by atoms with Gasteiger partial charge in [0, 0.05) is 23.7 Å². The molecule has 1 atom stereocenters. The second-order valence-corrected chi connectivity index (χ2v) is 9.53. The Balaban J connectivity index is 1.25. The van der Waals surface area contributed by atoms with E-state index in [0.717, 1.165) is 0 Å². The van der Waals surface area contributed by atoms with Crippen LogP contribution in [-0.2, 0) is 20.9 Å². The highest BCUT2D eigenvalue weighted by Crippen LogP contribution is 2.29. The van der Waals surface area contributed by atoms with Crippen molar-refractivity contribution in [1.82, 2.24) is 15.5 Å². The van der Waals surface area contributed by atoms with Gasteiger partial charge in [0.1, 0.15) is 5.76 Å². The molecular formula is C20H18ClN5O4S2. The molecular weight excluding hydrogens is 474 g/mol. The first kappa shape index (κ1) is 22.3. The van der Waals surface area contributed by atoms with Crippen molar-refractivity contribution in [2.75, 3.05) is 22.5 Å². The summed E-state index contributed by atoms with van der Waals surface area (Å²) in [6.45, 7) is 0.597. The van der Waals surface area contributed by atoms with Crippen molar-refractivity contribution in [3.63, 3.8) is 0 Å². The average molecular weight is 492 g/mol. The molecule has 4 rings (SSSR count). The minimum absolute atomic E-state index is 0.116. The van der Waals surface area contributed by atoms with Gasteiger partial charge in [-0.05, 0) is 36.4 Å². The molecule has 1 aliphatic heterocycles. The Labute approximate surface area is 196 Å². The summed E-state index contributed by atoms with van der Waals surface area (Å²) in [6.07, 6.45) is 1.66. The Morgan fingerprint density at radius 1 is 1.25 bits per heavy atom. The van der Waals surface area contributed by atoms with Crippen molar-refractivity contribution < 1.29 is 18.8 Å². The van der Waals surface area contributed by atoms with Crippen LogP contribution in [0.1, 0.15) is 12.2 Å². The number of furan rings is 1. The molecule has 0 bridgehead atoms. The van der Waals surface area contributed by atoms with Crippen molar-refractivity contribution in [3.05, 3.63) is 53.4 Å². The van der Waals surface area contributed by atoms with Gasteiger partial charge < -0.3 is 20.0 Å². The van der Waals surface area contributed by atoms with Gasteiger partial charge in [-0.25, -0.2) is 0 Å². The SMILES string of the molecule is O=C(CSc1nnc(NC(=O)[C@H]2CC(=O)N(c3ccc(Cl)cc3)C2)s1)NCc1ccco1. The number of thioether (sulfide) groups is 1. The Bertz CT molecular complexity index is 1100. The lowest BCUT2D eigenvalue weighted by Gasteiger charge is -2.16. The lowest BCUT2D eigenvalue weighted by atomic mass is 10.1. The molecule has 1 saturated heterocycles. The maximum Gasteiger partial charge on any atom is 0.231 e. The largest absolute Gasteiger partial charge is 0.467 e. The molecule has 32 heavy (non-hydrogen) atoms. The molecule has 2 aromatic heterocycles. The summed E-state index contributed by atoms with van der Waals surface area (Å²) in [5.74, 6) is -0.245. The summed E-state index contributed by atoms with van der Waals surface area (Å²) in [5.41, 5.74) is 0.703. The summed E-state index contributed by atoms with van der Waals surface area (Å²) in [5, 5.41) is 14.3. The van der Waals surface area contributed by atoms with Gasteiger partial charge in [0.05, 0.1) is 24.5 Å². The fourth-order valence-electron chi connectivity index (χ4n) is 3.06. The number of carbonyl (C=O) groups is 3. The molecule has 1 aliphatic rings. The normalized spacial score (nSPS) is 15.7. The first-order valence-electron chi connectivity index (χ1n) is 9.60. The zero-order valence-corrected chi connectivity index (χ0v) is 19.0. The molecule has 0 saturated carbocycles. The first-order valence-corrected chi connectivity index (χ1v) is 11.8. The molecule has 3 heterocycles. The topological polar surface area (TPSA) is 117 Å². The van der Waals surface area contributed by atoms with Crippen LogP contribution in [0.4, 0.5) is 10.8 Å². The minimum atomic E-state index is -0.495. The van der Waals surface area contributed by atoms with Gasteiger partial charge in [-0.3, -0.25) is 14.4 Å². The molecule has 0 radical (unpaired) electrons. The fraction of sp³-hybridized carbons (Fsp3) is 0.250. The second kappa shape index (κ2) is 10.2. The third kappa shape index (κ3) is 5.67. The molecule has 9 nitrogen and oxygen atoms in total. The number of nitrogens with zero attached hydrogens (tertiary/aromatic N) is 3. The van der Waals surface area contributed by atoms with Gasteiger partial charge in [-0.1, -0.05) is 34.7 Å². The van der Waals surface area contributed by atoms with Crippen LogP contribution in [0.2, 0.25) is 5.02 Å². The van der Waals surface area contributed by atoms with E-state index in [0.29, 0.717) is 32.5 Å². The molecule has 3 amide bonds. The Morgan fingerprint density at radius 2 is 2.06 bits per heavy atom. The Kier molecular flexibility index (Phi) is 7.08. The average Bonchev–Trinajstić information content (AvgIpc) is 3.53. The zero-order valence-electron chi connectivity index (χ0n) is 16.6. The number of amides is 3. The van der Waals surface area contributed by atoms with Crippen molar-refractivity contribution in [3.8, 4) is 0 Å². The summed E-state index contributed by atoms with van der Waals surface area (Å²) >= 11 is 8.29. The van der Waals surface area contributed by atoms with Crippen molar-refractivity contribution in [2.24, 2.45) is 5.92 Å². The van der Waals surface area contributed by atoms with Crippen LogP contribution in [0.15, 0.2) is 51.4 Å². The van der Waals surface area contributed by atoms with Crippen LogP contribution in [0.25, 0.3) is 0 Å². The highest BCUT2D eigenvalue weighted by Gasteiger charge is 2.35. The van der Waals surface area contributed by atoms with Crippen molar-refractivity contribution in [1.29, 1.82) is 0 Å². The molecule has 1 fully saturated rings. The molecule has 1 aromatic carbocycles. The lowest BCUT2D eigenvalue weighted by Crippen LogP contribution is -2.28. The van der Waals surface area contributed by atoms with Crippen LogP contribution < -0.4 is 15.5 Å². The molecule has 0 aliphatic carbocycles. The summed E-state index contributed by atoms with van der Waals surface area (Å²) in [6, 6.07) is 10.4. The van der Waals surface area contributed by atoms with E-state index in [9.17, 15) is 14.4 Å². The zero-order chi connectivity index (χ0) is 22.5. The summed E-state index contributed by atoms with van der Waals surface area (Å²) in [4.78, 5) is 38.5. The number of nitrogens with one attached hydrogen (secondary N) is 2. The summed E-state index contributed by atoms with van der Waals surface area (Å²) in [7, 11) is 0. The van der Waals surface area contributed by atoms with Crippen molar-refractivity contribution in [2.45, 2.75) is 17.3 Å². The molecule has 2 N–H and O–H groups in total. The Hall–Kier alpha value is -2.89. The van der Waals surface area contributed by atoms with Gasteiger partial charge in [-0.2, -0.15) is 0 Å². The van der Waals surface area contributed by atoms with E-state index in [1.165, 1.54) is 23.1 Å². The predicted molar refractivity (Wildman–Crippen MR) is 122 cm³/mol. The van der Waals surface area contributed by atoms with Gasteiger partial charge in [-0.15, -0.1) is 10.2 Å². The highest BCUT2D eigenvalue weighted by atomic mass is 35.5. The van der Waals surface area contributed by atoms with Crippen LogP contribution in [0.5, 0.6) is 0 Å². The highest BCUT2D eigenvalue weighted by molar-refractivity contribution is 8.01. The number of anilines is 2. The number of hydrogen-bond donors (Lipinski definition) is 2. The third-order valence-electron chi connectivity index (χ3n) is 4.64. The van der Waals surface area contributed by atoms with E-state index in [2.05, 4.69) is 20.8 Å². The lowest BCUT2D eigenvalue weighted by molar-refractivity contribution is -0.122. The molecule has 3 aromatic rings. The number of hydrogen-bond acceptors (Lipinski definition) is 8. The van der Waals surface area contributed by atoms with E-state index in [1.54, 1.807) is 47.6 Å². The molecule has 12 heteroatoms. The van der Waals surface area contributed by atoms with E-state index in [1.807, 2.05) is 0 Å². The van der Waals surface area contributed by atoms with Gasteiger partial charge in [0.15, 0.2) is 4.34 Å². The van der Waals surface area contributed by atoms with Crippen LogP contribution in [0, 0.1) is 5.92 Å². The minimum Gasteiger partial charge on any atom is -0.467 e. The second-order valence-electron chi connectivity index (χ2n) is 6.89. The van der Waals surface area contributed by atoms with Gasteiger partial charge >= 0.3 is 0 Å². The maximum absolute atomic E-state index is 12.6. The fourth-order valence-corrected chi connectivity index (χ4v) is 4.77. The van der Waals surface area contributed by atoms with Crippen molar-refractivity contribution >= 4 is 63.2 Å². The van der Waals surface area contributed by atoms with Gasteiger partial charge in [0.2, 0.25) is 22.9 Å². The third-order valence-corrected chi connectivity index (χ3v) is 6.86. The van der Waals surface area contributed by atoms with E-state index in [4.69, 9.17) is 16.0 Å².